The van der Waals surface area contributed by atoms with Gasteiger partial charge in [0, 0.05) is 24.0 Å². The van der Waals surface area contributed by atoms with Crippen LogP contribution in [0.1, 0.15) is 41.0 Å². The number of aromatic nitrogens is 1. The van der Waals surface area contributed by atoms with E-state index in [2.05, 4.69) is 46.3 Å². The minimum Gasteiger partial charge on any atom is -0.490 e. The smallest absolute Gasteiger partial charge is 0.147 e. The number of ketones is 1. The highest BCUT2D eigenvalue weighted by Crippen LogP contribution is 2.38. The zero-order valence-electron chi connectivity index (χ0n) is 21.4. The molecule has 1 unspecified atom stereocenters. The molecule has 38 heavy (non-hydrogen) atoms. The van der Waals surface area contributed by atoms with Crippen LogP contribution in [0.4, 0.5) is 0 Å². The second kappa shape index (κ2) is 10.9. The van der Waals surface area contributed by atoms with E-state index in [1.165, 1.54) is 0 Å². The third-order valence-electron chi connectivity index (χ3n) is 7.84. The molecule has 1 N–H and O–H groups in total. The maximum absolute atomic E-state index is 14.0. The van der Waals surface area contributed by atoms with Crippen LogP contribution in [0.5, 0.6) is 5.75 Å². The Morgan fingerprint density at radius 3 is 2.29 bits per heavy atom. The summed E-state index contributed by atoms with van der Waals surface area (Å²) in [6, 6.07) is 26.2. The normalized spacial score (nSPS) is 17.0. The van der Waals surface area contributed by atoms with E-state index in [-0.39, 0.29) is 18.4 Å². The SMILES string of the molecule is O=C(C1CCN(CC(O)COc2cccc3ncccc23)CC1)C1c2ccccc2C=Cc2ccccc21. The molecular formula is C33H32N2O3. The second-order valence-electron chi connectivity index (χ2n) is 10.3. The molecule has 1 fully saturated rings. The number of hydrogen-bond donors (Lipinski definition) is 1. The maximum atomic E-state index is 14.0. The van der Waals surface area contributed by atoms with Crippen LogP contribution in [-0.2, 0) is 4.79 Å². The van der Waals surface area contributed by atoms with E-state index in [0.29, 0.717) is 12.3 Å². The molecule has 0 radical (unpaired) electrons. The first-order valence-electron chi connectivity index (χ1n) is 13.4. The zero-order valence-corrected chi connectivity index (χ0v) is 21.4. The molecule has 0 bridgehead atoms. The topological polar surface area (TPSA) is 62.7 Å². The fourth-order valence-electron chi connectivity index (χ4n) is 5.88. The number of rotatable bonds is 7. The highest BCUT2D eigenvalue weighted by Gasteiger charge is 2.34. The Labute approximate surface area is 223 Å². The molecule has 0 amide bonds. The van der Waals surface area contributed by atoms with Gasteiger partial charge in [-0.05, 0) is 72.5 Å². The van der Waals surface area contributed by atoms with Crippen LogP contribution in [-0.4, -0.2) is 53.1 Å². The highest BCUT2D eigenvalue weighted by atomic mass is 16.5. The molecule has 0 saturated carbocycles. The summed E-state index contributed by atoms with van der Waals surface area (Å²) in [6.45, 7) is 2.33. The molecule has 0 spiro atoms. The molecule has 192 valence electrons. The molecule has 4 aromatic rings. The largest absolute Gasteiger partial charge is 0.490 e. The van der Waals surface area contributed by atoms with Crippen molar-refractivity contribution in [1.29, 1.82) is 0 Å². The average molecular weight is 505 g/mol. The molecule has 1 aliphatic heterocycles. The number of aliphatic hydroxyl groups excluding tert-OH is 1. The van der Waals surface area contributed by atoms with Gasteiger partial charge in [-0.3, -0.25) is 9.78 Å². The molecule has 1 aromatic heterocycles. The van der Waals surface area contributed by atoms with Crippen molar-refractivity contribution in [2.24, 2.45) is 5.92 Å². The minimum absolute atomic E-state index is 0.00652. The number of hydrogen-bond acceptors (Lipinski definition) is 5. The standard InChI is InChI=1S/C33H32N2O3/c36-26(22-38-31-13-5-12-30-29(31)11-6-18-34-30)21-35-19-16-25(17-20-35)33(37)32-27-9-3-1-7-23(27)14-15-24-8-2-4-10-28(24)32/h1-15,18,25-26,32,36H,16-17,19-22H2. The lowest BCUT2D eigenvalue weighted by molar-refractivity contribution is -0.125. The van der Waals surface area contributed by atoms with Crippen molar-refractivity contribution in [2.45, 2.75) is 24.9 Å². The summed E-state index contributed by atoms with van der Waals surface area (Å²) in [5.74, 6) is 0.800. The number of piperidine rings is 1. The van der Waals surface area contributed by atoms with Gasteiger partial charge in [0.1, 0.15) is 24.2 Å². The molecule has 5 heteroatoms. The number of carbonyl (C=O) groups excluding carboxylic acids is 1. The van der Waals surface area contributed by atoms with Gasteiger partial charge in [0.05, 0.1) is 11.4 Å². The van der Waals surface area contributed by atoms with Crippen molar-refractivity contribution in [3.05, 3.63) is 107 Å². The monoisotopic (exact) mass is 504 g/mol. The Hall–Kier alpha value is -3.80. The van der Waals surface area contributed by atoms with Crippen LogP contribution in [0, 0.1) is 5.92 Å². The van der Waals surface area contributed by atoms with E-state index < -0.39 is 6.10 Å². The summed E-state index contributed by atoms with van der Waals surface area (Å²) in [5.41, 5.74) is 5.30. The van der Waals surface area contributed by atoms with Gasteiger partial charge in [-0.15, -0.1) is 0 Å². The van der Waals surface area contributed by atoms with E-state index in [1.54, 1.807) is 6.20 Å². The third-order valence-corrected chi connectivity index (χ3v) is 7.84. The highest BCUT2D eigenvalue weighted by molar-refractivity contribution is 5.95. The second-order valence-corrected chi connectivity index (χ2v) is 10.3. The van der Waals surface area contributed by atoms with Crippen molar-refractivity contribution >= 4 is 28.8 Å². The number of ether oxygens (including phenoxy) is 1. The number of nitrogens with zero attached hydrogens (tertiary/aromatic N) is 2. The fourth-order valence-corrected chi connectivity index (χ4v) is 5.88. The summed E-state index contributed by atoms with van der Waals surface area (Å²) < 4.78 is 5.96. The van der Waals surface area contributed by atoms with E-state index in [1.807, 2.05) is 54.6 Å². The van der Waals surface area contributed by atoms with E-state index in [9.17, 15) is 9.90 Å². The summed E-state index contributed by atoms with van der Waals surface area (Å²) in [7, 11) is 0. The van der Waals surface area contributed by atoms with Crippen molar-refractivity contribution in [1.82, 2.24) is 9.88 Å². The zero-order chi connectivity index (χ0) is 25.9. The van der Waals surface area contributed by atoms with Crippen molar-refractivity contribution in [3.8, 4) is 5.75 Å². The minimum atomic E-state index is -0.610. The van der Waals surface area contributed by atoms with Crippen LogP contribution in [0.3, 0.4) is 0 Å². The van der Waals surface area contributed by atoms with E-state index in [4.69, 9.17) is 4.74 Å². The van der Waals surface area contributed by atoms with Crippen LogP contribution in [0.2, 0.25) is 0 Å². The van der Waals surface area contributed by atoms with Gasteiger partial charge in [0.2, 0.25) is 0 Å². The number of likely N-dealkylation sites (tertiary alicyclic amines) is 1. The van der Waals surface area contributed by atoms with Gasteiger partial charge < -0.3 is 14.7 Å². The van der Waals surface area contributed by atoms with Crippen LogP contribution in [0.15, 0.2) is 85.1 Å². The molecular weight excluding hydrogens is 472 g/mol. The lowest BCUT2D eigenvalue weighted by Gasteiger charge is -2.34. The van der Waals surface area contributed by atoms with Crippen LogP contribution in [0.25, 0.3) is 23.1 Å². The Balaban J connectivity index is 1.08. The quantitative estimate of drug-likeness (QED) is 0.356. The number of β-amino-alcohol motifs (C(OH)–C–C–N with tert-alkyl or cyclic N) is 1. The Morgan fingerprint density at radius 1 is 0.895 bits per heavy atom. The molecule has 1 aliphatic carbocycles. The third kappa shape index (κ3) is 5.00. The lowest BCUT2D eigenvalue weighted by atomic mass is 9.77. The number of pyridine rings is 1. The van der Waals surface area contributed by atoms with Gasteiger partial charge in [0.15, 0.2) is 0 Å². The average Bonchev–Trinajstić information content (AvgIpc) is 3.13. The number of carbonyl (C=O) groups is 1. The number of benzene rings is 3. The van der Waals surface area contributed by atoms with E-state index in [0.717, 1.165) is 64.8 Å². The summed E-state index contributed by atoms with van der Waals surface area (Å²) in [6.07, 6.45) is 7.01. The Kier molecular flexibility index (Phi) is 7.04. The first-order valence-corrected chi connectivity index (χ1v) is 13.4. The predicted octanol–water partition coefficient (Wildman–Crippen LogP) is 5.57. The molecule has 1 saturated heterocycles. The Bertz CT molecular complexity index is 1420. The molecule has 2 aliphatic rings. The van der Waals surface area contributed by atoms with Gasteiger partial charge in [-0.1, -0.05) is 66.7 Å². The molecule has 1 atom stereocenters. The van der Waals surface area contributed by atoms with Crippen molar-refractivity contribution in [2.75, 3.05) is 26.2 Å². The van der Waals surface area contributed by atoms with E-state index >= 15 is 0 Å². The molecule has 5 nitrogen and oxygen atoms in total. The van der Waals surface area contributed by atoms with Gasteiger partial charge in [-0.2, -0.15) is 0 Å². The number of aliphatic hydroxyl groups is 1. The van der Waals surface area contributed by atoms with Gasteiger partial charge >= 0.3 is 0 Å². The number of Topliss-reactive ketones (excluding diaryl/α,β-unsaturated/α-hetero) is 1. The first-order chi connectivity index (χ1) is 18.7. The first kappa shape index (κ1) is 24.5. The van der Waals surface area contributed by atoms with Crippen LogP contribution < -0.4 is 4.74 Å². The molecule has 6 rings (SSSR count). The number of fused-ring (bicyclic) bond motifs is 3. The summed E-state index contributed by atoms with van der Waals surface area (Å²) in [5, 5.41) is 11.7. The Morgan fingerprint density at radius 2 is 1.58 bits per heavy atom. The maximum Gasteiger partial charge on any atom is 0.147 e. The van der Waals surface area contributed by atoms with Gasteiger partial charge in [0.25, 0.3) is 0 Å². The lowest BCUT2D eigenvalue weighted by Crippen LogP contribution is -2.42. The molecule has 2 heterocycles. The van der Waals surface area contributed by atoms with Crippen LogP contribution >= 0.6 is 0 Å². The predicted molar refractivity (Wildman–Crippen MR) is 151 cm³/mol. The summed E-state index contributed by atoms with van der Waals surface area (Å²) >= 11 is 0. The van der Waals surface area contributed by atoms with Crippen molar-refractivity contribution < 1.29 is 14.6 Å². The summed E-state index contributed by atoms with van der Waals surface area (Å²) in [4.78, 5) is 20.6. The molecule has 3 aromatic carbocycles. The van der Waals surface area contributed by atoms with Crippen molar-refractivity contribution in [3.63, 3.8) is 0 Å². The van der Waals surface area contributed by atoms with Gasteiger partial charge in [-0.25, -0.2) is 0 Å². The fraction of sp³-hybridized carbons (Fsp3) is 0.273.